The summed E-state index contributed by atoms with van der Waals surface area (Å²) in [5.41, 5.74) is 0. The Hall–Kier alpha value is 0.130. The smallest absolute Gasteiger partial charge is 0.187 e. The van der Waals surface area contributed by atoms with Crippen LogP contribution in [0, 0.1) is 0 Å². The molecule has 11 heavy (non-hydrogen) atoms. The van der Waals surface area contributed by atoms with Crippen molar-refractivity contribution in [2.75, 3.05) is 14.2 Å². The molecule has 4 nitrogen and oxygen atoms in total. The fourth-order valence-electron chi connectivity index (χ4n) is 0.979. The largest absolute Gasteiger partial charge is 0.386 e. The molecule has 1 aliphatic heterocycles. The van der Waals surface area contributed by atoms with Gasteiger partial charge in [0.15, 0.2) is 12.6 Å². The van der Waals surface area contributed by atoms with Crippen molar-refractivity contribution in [1.29, 1.82) is 0 Å². The summed E-state index contributed by atoms with van der Waals surface area (Å²) in [5.74, 6) is 0. The molecule has 0 aromatic carbocycles. The van der Waals surface area contributed by atoms with E-state index < -0.39 is 24.1 Å². The van der Waals surface area contributed by atoms with E-state index >= 15 is 0 Å². The second-order valence-corrected chi connectivity index (χ2v) is 2.78. The van der Waals surface area contributed by atoms with E-state index in [9.17, 15) is 5.11 Å². The summed E-state index contributed by atoms with van der Waals surface area (Å²) in [4.78, 5) is 0. The second-order valence-electron chi connectivity index (χ2n) is 2.28. The predicted molar refractivity (Wildman–Crippen MR) is 38.3 cm³/mol. The molecule has 1 aliphatic rings. The zero-order chi connectivity index (χ0) is 8.43. The fourth-order valence-corrected chi connectivity index (χ4v) is 1.26. The molecule has 1 rings (SSSR count). The predicted octanol–water partition coefficient (Wildman–Crippen LogP) is -0.0701. The van der Waals surface area contributed by atoms with Gasteiger partial charge in [-0.15, -0.1) is 11.6 Å². The van der Waals surface area contributed by atoms with Crippen molar-refractivity contribution in [2.45, 2.75) is 24.1 Å². The summed E-state index contributed by atoms with van der Waals surface area (Å²) in [6.45, 7) is 0. The van der Waals surface area contributed by atoms with Crippen molar-refractivity contribution >= 4 is 11.6 Å². The first-order valence-corrected chi connectivity index (χ1v) is 3.67. The van der Waals surface area contributed by atoms with E-state index in [1.54, 1.807) is 0 Å². The summed E-state index contributed by atoms with van der Waals surface area (Å²) in [7, 11) is 2.90. The minimum Gasteiger partial charge on any atom is -0.386 e. The first kappa shape index (κ1) is 9.22. The van der Waals surface area contributed by atoms with Crippen molar-refractivity contribution in [3.63, 3.8) is 0 Å². The molecule has 0 radical (unpaired) electrons. The van der Waals surface area contributed by atoms with E-state index in [2.05, 4.69) is 0 Å². The minimum absolute atomic E-state index is 0.565. The third kappa shape index (κ3) is 1.65. The molecule has 0 spiro atoms. The number of rotatable bonds is 2. The SMILES string of the molecule is COC1OC(OC)C(Cl)C1O. The Morgan fingerprint density at radius 1 is 1.27 bits per heavy atom. The number of aliphatic hydroxyl groups excluding tert-OH is 1. The number of methoxy groups -OCH3 is 2. The molecule has 4 atom stereocenters. The Kier molecular flexibility index (Phi) is 3.09. The maximum absolute atomic E-state index is 9.30. The normalized spacial score (nSPS) is 44.7. The average molecular weight is 183 g/mol. The maximum Gasteiger partial charge on any atom is 0.187 e. The molecule has 1 heterocycles. The monoisotopic (exact) mass is 182 g/mol. The zero-order valence-electron chi connectivity index (χ0n) is 6.36. The zero-order valence-corrected chi connectivity index (χ0v) is 7.12. The summed E-state index contributed by atoms with van der Waals surface area (Å²) in [6.07, 6.45) is -2.09. The fraction of sp³-hybridized carbons (Fsp3) is 1.00. The minimum atomic E-state index is -0.827. The number of halogens is 1. The van der Waals surface area contributed by atoms with E-state index in [0.29, 0.717) is 0 Å². The highest BCUT2D eigenvalue weighted by atomic mass is 35.5. The molecule has 0 bridgehead atoms. The molecule has 0 amide bonds. The first-order chi connectivity index (χ1) is 5.20. The third-order valence-electron chi connectivity index (χ3n) is 1.60. The van der Waals surface area contributed by atoms with Crippen LogP contribution >= 0.6 is 11.6 Å². The van der Waals surface area contributed by atoms with Crippen LogP contribution in [0.5, 0.6) is 0 Å². The van der Waals surface area contributed by atoms with Crippen LogP contribution in [0.25, 0.3) is 0 Å². The molecule has 0 aromatic rings. The van der Waals surface area contributed by atoms with Gasteiger partial charge in [0.2, 0.25) is 0 Å². The first-order valence-electron chi connectivity index (χ1n) is 3.24. The quantitative estimate of drug-likeness (QED) is 0.608. The molecule has 1 saturated heterocycles. The molecule has 0 saturated carbocycles. The standard InChI is InChI=1S/C6H11ClO4/c1-9-5-3(7)4(8)6(10-2)11-5/h3-6,8H,1-2H3. The van der Waals surface area contributed by atoms with Gasteiger partial charge < -0.3 is 19.3 Å². The lowest BCUT2D eigenvalue weighted by atomic mass is 10.3. The summed E-state index contributed by atoms with van der Waals surface area (Å²) in [6, 6.07) is 0. The van der Waals surface area contributed by atoms with Gasteiger partial charge in [-0.3, -0.25) is 0 Å². The van der Waals surface area contributed by atoms with Crippen molar-refractivity contribution in [1.82, 2.24) is 0 Å². The number of ether oxygens (including phenoxy) is 3. The Bertz CT molecular complexity index is 114. The van der Waals surface area contributed by atoms with E-state index in [1.807, 2.05) is 0 Å². The molecule has 4 unspecified atom stereocenters. The van der Waals surface area contributed by atoms with Crippen molar-refractivity contribution in [3.05, 3.63) is 0 Å². The van der Waals surface area contributed by atoms with Crippen LogP contribution in [0.15, 0.2) is 0 Å². The van der Waals surface area contributed by atoms with Crippen molar-refractivity contribution < 1.29 is 19.3 Å². The van der Waals surface area contributed by atoms with Gasteiger partial charge in [-0.2, -0.15) is 0 Å². The van der Waals surface area contributed by atoms with Crippen LogP contribution in [-0.4, -0.2) is 43.4 Å². The van der Waals surface area contributed by atoms with Gasteiger partial charge in [-0.25, -0.2) is 0 Å². The van der Waals surface area contributed by atoms with Crippen LogP contribution in [0.1, 0.15) is 0 Å². The van der Waals surface area contributed by atoms with E-state index in [1.165, 1.54) is 14.2 Å². The van der Waals surface area contributed by atoms with Crippen LogP contribution in [0.4, 0.5) is 0 Å². The highest BCUT2D eigenvalue weighted by Crippen LogP contribution is 2.26. The van der Waals surface area contributed by atoms with Gasteiger partial charge in [0.1, 0.15) is 11.5 Å². The third-order valence-corrected chi connectivity index (χ3v) is 2.06. The number of hydrogen-bond acceptors (Lipinski definition) is 4. The van der Waals surface area contributed by atoms with Crippen molar-refractivity contribution in [2.24, 2.45) is 0 Å². The van der Waals surface area contributed by atoms with Crippen LogP contribution in [0.2, 0.25) is 0 Å². The second kappa shape index (κ2) is 3.69. The highest BCUT2D eigenvalue weighted by molar-refractivity contribution is 6.21. The van der Waals surface area contributed by atoms with E-state index in [-0.39, 0.29) is 0 Å². The van der Waals surface area contributed by atoms with Crippen LogP contribution < -0.4 is 0 Å². The Morgan fingerprint density at radius 2 is 1.82 bits per heavy atom. The Balaban J connectivity index is 2.53. The Morgan fingerprint density at radius 3 is 2.09 bits per heavy atom. The van der Waals surface area contributed by atoms with Crippen molar-refractivity contribution in [3.8, 4) is 0 Å². The lowest BCUT2D eigenvalue weighted by Gasteiger charge is -2.10. The lowest BCUT2D eigenvalue weighted by molar-refractivity contribution is -0.199. The molecule has 5 heteroatoms. The van der Waals surface area contributed by atoms with Gasteiger partial charge in [-0.1, -0.05) is 0 Å². The van der Waals surface area contributed by atoms with Gasteiger partial charge in [-0.05, 0) is 0 Å². The van der Waals surface area contributed by atoms with Gasteiger partial charge >= 0.3 is 0 Å². The molecule has 0 aromatic heterocycles. The summed E-state index contributed by atoms with van der Waals surface area (Å²) >= 11 is 5.72. The molecule has 1 N–H and O–H groups in total. The highest BCUT2D eigenvalue weighted by Gasteiger charge is 2.43. The maximum atomic E-state index is 9.30. The Labute approximate surface area is 70.0 Å². The topological polar surface area (TPSA) is 47.9 Å². The van der Waals surface area contributed by atoms with Gasteiger partial charge in [0, 0.05) is 14.2 Å². The van der Waals surface area contributed by atoms with E-state index in [0.717, 1.165) is 0 Å². The summed E-state index contributed by atoms with van der Waals surface area (Å²) < 4.78 is 14.7. The number of alkyl halides is 1. The van der Waals surface area contributed by atoms with Crippen LogP contribution in [-0.2, 0) is 14.2 Å². The summed E-state index contributed by atoms with van der Waals surface area (Å²) in [5, 5.41) is 8.73. The van der Waals surface area contributed by atoms with Gasteiger partial charge in [0.05, 0.1) is 0 Å². The van der Waals surface area contributed by atoms with Crippen LogP contribution in [0.3, 0.4) is 0 Å². The molecular formula is C6H11ClO4. The molecule has 0 aliphatic carbocycles. The number of aliphatic hydroxyl groups is 1. The molecule has 66 valence electrons. The molecule has 1 fully saturated rings. The van der Waals surface area contributed by atoms with Gasteiger partial charge in [0.25, 0.3) is 0 Å². The molecular weight excluding hydrogens is 172 g/mol. The number of hydrogen-bond donors (Lipinski definition) is 1. The lowest BCUT2D eigenvalue weighted by Crippen LogP contribution is -2.29. The van der Waals surface area contributed by atoms with E-state index in [4.69, 9.17) is 25.8 Å². The average Bonchev–Trinajstić information content (AvgIpc) is 2.30.